The van der Waals surface area contributed by atoms with E-state index in [2.05, 4.69) is 0 Å². The Morgan fingerprint density at radius 3 is 2.44 bits per heavy atom. The van der Waals surface area contributed by atoms with Crippen LogP contribution in [0.3, 0.4) is 0 Å². The average Bonchev–Trinajstić information content (AvgIpc) is 2.28. The zero-order valence-corrected chi connectivity index (χ0v) is 11.1. The first-order chi connectivity index (χ1) is 8.42. The van der Waals surface area contributed by atoms with Gasteiger partial charge in [-0.1, -0.05) is 30.3 Å². The van der Waals surface area contributed by atoms with Crippen LogP contribution in [0.5, 0.6) is 0 Å². The molecular weight excluding hydrogens is 254 g/mol. The standard InChI is InChI=1S/C12H17NO4S/c1-13(18(16,17)10-12(14)15)9-5-8-11-6-3-2-4-7-11/h2-4,6-7H,5,8-10H2,1H3,(H,14,15). The minimum absolute atomic E-state index is 0.324. The number of carbonyl (C=O) groups is 1. The summed E-state index contributed by atoms with van der Waals surface area (Å²) < 4.78 is 24.2. The van der Waals surface area contributed by atoms with Crippen LogP contribution in [0.2, 0.25) is 0 Å². The summed E-state index contributed by atoms with van der Waals surface area (Å²) in [6, 6.07) is 9.74. The molecule has 1 rings (SSSR count). The molecule has 5 nitrogen and oxygen atoms in total. The van der Waals surface area contributed by atoms with Crippen LogP contribution in [-0.4, -0.2) is 43.1 Å². The summed E-state index contributed by atoms with van der Waals surface area (Å²) in [4.78, 5) is 10.4. The van der Waals surface area contributed by atoms with Crippen LogP contribution in [0.25, 0.3) is 0 Å². The molecule has 6 heteroatoms. The van der Waals surface area contributed by atoms with E-state index >= 15 is 0 Å². The molecule has 0 fully saturated rings. The lowest BCUT2D eigenvalue weighted by molar-refractivity contribution is -0.134. The van der Waals surface area contributed by atoms with Crippen LogP contribution in [0.1, 0.15) is 12.0 Å². The van der Waals surface area contributed by atoms with Crippen molar-refractivity contribution in [3.05, 3.63) is 35.9 Å². The lowest BCUT2D eigenvalue weighted by Gasteiger charge is -2.15. The molecule has 1 aromatic rings. The van der Waals surface area contributed by atoms with Gasteiger partial charge in [-0.3, -0.25) is 4.79 Å². The summed E-state index contributed by atoms with van der Waals surface area (Å²) in [5.74, 6) is -2.18. The Kier molecular flexibility index (Phi) is 5.30. The Balaban J connectivity index is 2.42. The molecular formula is C12H17NO4S. The van der Waals surface area contributed by atoms with E-state index in [0.717, 1.165) is 16.3 Å². The topological polar surface area (TPSA) is 74.7 Å². The van der Waals surface area contributed by atoms with Gasteiger partial charge in [0.2, 0.25) is 10.0 Å². The highest BCUT2D eigenvalue weighted by Crippen LogP contribution is 2.05. The van der Waals surface area contributed by atoms with Gasteiger partial charge in [-0.15, -0.1) is 0 Å². The van der Waals surface area contributed by atoms with Crippen LogP contribution < -0.4 is 0 Å². The second kappa shape index (κ2) is 6.51. The second-order valence-corrected chi connectivity index (χ2v) is 6.14. The van der Waals surface area contributed by atoms with E-state index in [4.69, 9.17) is 5.11 Å². The quantitative estimate of drug-likeness (QED) is 0.801. The van der Waals surface area contributed by atoms with Crippen molar-refractivity contribution in [2.45, 2.75) is 12.8 Å². The Labute approximate surface area is 107 Å². The van der Waals surface area contributed by atoms with Crippen molar-refractivity contribution in [3.8, 4) is 0 Å². The third kappa shape index (κ3) is 4.85. The number of carboxylic acids is 1. The molecule has 0 aliphatic carbocycles. The minimum Gasteiger partial charge on any atom is -0.480 e. The van der Waals surface area contributed by atoms with Crippen molar-refractivity contribution in [1.29, 1.82) is 0 Å². The average molecular weight is 271 g/mol. The third-order valence-electron chi connectivity index (χ3n) is 2.56. The van der Waals surface area contributed by atoms with E-state index in [-0.39, 0.29) is 0 Å². The second-order valence-electron chi connectivity index (χ2n) is 4.06. The fraction of sp³-hybridized carbons (Fsp3) is 0.417. The van der Waals surface area contributed by atoms with Crippen molar-refractivity contribution < 1.29 is 18.3 Å². The van der Waals surface area contributed by atoms with Crippen LogP contribution in [-0.2, 0) is 21.2 Å². The SMILES string of the molecule is CN(CCCc1ccccc1)S(=O)(=O)CC(=O)O. The normalized spacial score (nSPS) is 11.7. The Morgan fingerprint density at radius 1 is 1.28 bits per heavy atom. The number of sulfonamides is 1. The van der Waals surface area contributed by atoms with Gasteiger partial charge in [0.25, 0.3) is 0 Å². The lowest BCUT2D eigenvalue weighted by atomic mass is 10.1. The van der Waals surface area contributed by atoms with Gasteiger partial charge in [0.05, 0.1) is 0 Å². The predicted octanol–water partition coefficient (Wildman–Crippen LogP) is 0.965. The number of hydrogen-bond donors (Lipinski definition) is 1. The number of rotatable bonds is 7. The predicted molar refractivity (Wildman–Crippen MR) is 68.8 cm³/mol. The van der Waals surface area contributed by atoms with Crippen LogP contribution in [0.15, 0.2) is 30.3 Å². The molecule has 100 valence electrons. The zero-order chi connectivity index (χ0) is 13.6. The summed E-state index contributed by atoms with van der Waals surface area (Å²) in [7, 11) is -2.27. The maximum Gasteiger partial charge on any atom is 0.320 e. The molecule has 0 spiro atoms. The minimum atomic E-state index is -3.68. The molecule has 0 saturated carbocycles. The van der Waals surface area contributed by atoms with Gasteiger partial charge in [0.15, 0.2) is 5.75 Å². The summed E-state index contributed by atoms with van der Waals surface area (Å²) in [5.41, 5.74) is 1.14. The van der Waals surface area contributed by atoms with E-state index in [1.54, 1.807) is 0 Å². The lowest BCUT2D eigenvalue weighted by Crippen LogP contribution is -2.33. The first kappa shape index (κ1) is 14.7. The molecule has 1 aromatic carbocycles. The first-order valence-electron chi connectivity index (χ1n) is 5.61. The van der Waals surface area contributed by atoms with Crippen LogP contribution in [0, 0.1) is 0 Å². The molecule has 0 saturated heterocycles. The van der Waals surface area contributed by atoms with E-state index in [9.17, 15) is 13.2 Å². The van der Waals surface area contributed by atoms with Gasteiger partial charge >= 0.3 is 5.97 Å². The van der Waals surface area contributed by atoms with Gasteiger partial charge in [-0.05, 0) is 18.4 Å². The number of carboxylic acid groups (broad SMARTS) is 1. The van der Waals surface area contributed by atoms with E-state index in [1.807, 2.05) is 30.3 Å². The Hall–Kier alpha value is -1.40. The fourth-order valence-corrected chi connectivity index (χ4v) is 2.50. The molecule has 0 amide bonds. The molecule has 0 bridgehead atoms. The van der Waals surface area contributed by atoms with E-state index in [1.165, 1.54) is 7.05 Å². The maximum absolute atomic E-state index is 11.5. The van der Waals surface area contributed by atoms with Crippen LogP contribution in [0.4, 0.5) is 0 Å². The molecule has 1 N–H and O–H groups in total. The smallest absolute Gasteiger partial charge is 0.320 e. The summed E-state index contributed by atoms with van der Waals surface area (Å²) in [6.07, 6.45) is 1.44. The molecule has 0 radical (unpaired) electrons. The van der Waals surface area contributed by atoms with Gasteiger partial charge < -0.3 is 5.11 Å². The molecule has 0 unspecified atom stereocenters. The number of nitrogens with zero attached hydrogens (tertiary/aromatic N) is 1. The molecule has 18 heavy (non-hydrogen) atoms. The van der Waals surface area contributed by atoms with Crippen molar-refractivity contribution in [2.24, 2.45) is 0 Å². The highest BCUT2D eigenvalue weighted by molar-refractivity contribution is 7.89. The number of hydrogen-bond acceptors (Lipinski definition) is 3. The summed E-state index contributed by atoms with van der Waals surface area (Å²) in [5, 5.41) is 8.50. The van der Waals surface area contributed by atoms with Gasteiger partial charge in [0.1, 0.15) is 0 Å². The number of benzene rings is 1. The fourth-order valence-electron chi connectivity index (χ4n) is 1.56. The zero-order valence-electron chi connectivity index (χ0n) is 10.2. The van der Waals surface area contributed by atoms with E-state index < -0.39 is 21.7 Å². The van der Waals surface area contributed by atoms with Gasteiger partial charge in [-0.25, -0.2) is 12.7 Å². The highest BCUT2D eigenvalue weighted by atomic mass is 32.2. The monoisotopic (exact) mass is 271 g/mol. The molecule has 0 aliphatic rings. The van der Waals surface area contributed by atoms with Gasteiger partial charge in [-0.2, -0.15) is 0 Å². The Bertz CT molecular complexity index is 484. The van der Waals surface area contributed by atoms with Crippen molar-refractivity contribution in [2.75, 3.05) is 19.3 Å². The molecule has 0 heterocycles. The third-order valence-corrected chi connectivity index (χ3v) is 4.31. The Morgan fingerprint density at radius 2 is 1.89 bits per heavy atom. The highest BCUT2D eigenvalue weighted by Gasteiger charge is 2.20. The molecule has 0 atom stereocenters. The number of aliphatic carboxylic acids is 1. The van der Waals surface area contributed by atoms with Crippen molar-refractivity contribution >= 4 is 16.0 Å². The maximum atomic E-state index is 11.5. The van der Waals surface area contributed by atoms with E-state index in [0.29, 0.717) is 13.0 Å². The van der Waals surface area contributed by atoms with Gasteiger partial charge in [0, 0.05) is 13.6 Å². The largest absolute Gasteiger partial charge is 0.480 e. The van der Waals surface area contributed by atoms with Crippen LogP contribution >= 0.6 is 0 Å². The number of aryl methyl sites for hydroxylation is 1. The summed E-state index contributed by atoms with van der Waals surface area (Å²) >= 11 is 0. The molecule has 0 aliphatic heterocycles. The molecule has 0 aromatic heterocycles. The first-order valence-corrected chi connectivity index (χ1v) is 7.22. The van der Waals surface area contributed by atoms with Crippen molar-refractivity contribution in [1.82, 2.24) is 4.31 Å². The summed E-state index contributed by atoms with van der Waals surface area (Å²) in [6.45, 7) is 0.324. The van der Waals surface area contributed by atoms with Crippen molar-refractivity contribution in [3.63, 3.8) is 0 Å².